The van der Waals surface area contributed by atoms with Crippen molar-refractivity contribution >= 4 is 5.91 Å². The molecule has 3 heterocycles. The molecule has 3 aliphatic rings. The van der Waals surface area contributed by atoms with Gasteiger partial charge in [0.1, 0.15) is 0 Å². The number of carbonyl (C=O) groups is 1. The minimum atomic E-state index is -0.439. The molecule has 4 atom stereocenters. The first-order valence-corrected chi connectivity index (χ1v) is 9.65. The molecule has 4 rings (SSSR count). The Labute approximate surface area is 159 Å². The van der Waals surface area contributed by atoms with Gasteiger partial charge >= 0.3 is 0 Å². The molecule has 1 aromatic rings. The topological polar surface area (TPSA) is 68.0 Å². The molecule has 6 nitrogen and oxygen atoms in total. The third-order valence-corrected chi connectivity index (χ3v) is 6.38. The lowest BCUT2D eigenvalue weighted by molar-refractivity contribution is -0.131. The highest BCUT2D eigenvalue weighted by atomic mass is 19.1. The van der Waals surface area contributed by atoms with Gasteiger partial charge in [-0.2, -0.15) is 0 Å². The van der Waals surface area contributed by atoms with Gasteiger partial charge in [-0.3, -0.25) is 14.1 Å². The first-order chi connectivity index (χ1) is 13.0. The van der Waals surface area contributed by atoms with Crippen molar-refractivity contribution in [2.45, 2.75) is 37.4 Å². The van der Waals surface area contributed by atoms with E-state index in [0.717, 1.165) is 37.4 Å². The Morgan fingerprint density at radius 2 is 1.96 bits per heavy atom. The van der Waals surface area contributed by atoms with Crippen LogP contribution in [0.4, 0.5) is 4.39 Å². The summed E-state index contributed by atoms with van der Waals surface area (Å²) in [6, 6.07) is 4.20. The van der Waals surface area contributed by atoms with Crippen LogP contribution in [0.3, 0.4) is 0 Å². The number of hydrogen-bond acceptors (Lipinski definition) is 5. The number of rotatable bonds is 4. The van der Waals surface area contributed by atoms with Crippen molar-refractivity contribution in [1.29, 1.82) is 0 Å². The molecule has 27 heavy (non-hydrogen) atoms. The largest absolute Gasteiger partial charge is 0.493 e. The molecule has 2 fully saturated rings. The van der Waals surface area contributed by atoms with Crippen LogP contribution in [0.15, 0.2) is 12.1 Å². The standard InChI is InChI=1S/C20H28FN3O3/c1-26-18-6-13-3-4-23-11-17(24-10-12(9-21)5-20(24)25)15(22)8-16(23)14(13)7-19(18)27-2/h6-7,12,15-17H,3-5,8-11,22H2,1-2H3/t12-,15?,16-,17?/m0/s1. The van der Waals surface area contributed by atoms with Gasteiger partial charge in [0, 0.05) is 44.1 Å². The van der Waals surface area contributed by atoms with Gasteiger partial charge in [-0.15, -0.1) is 0 Å². The highest BCUT2D eigenvalue weighted by Gasteiger charge is 2.44. The lowest BCUT2D eigenvalue weighted by atomic mass is 9.83. The maximum atomic E-state index is 13.0. The summed E-state index contributed by atoms with van der Waals surface area (Å²) in [5, 5.41) is 0. The van der Waals surface area contributed by atoms with Crippen molar-refractivity contribution in [1.82, 2.24) is 9.80 Å². The Hall–Kier alpha value is -1.86. The van der Waals surface area contributed by atoms with Crippen molar-refractivity contribution < 1.29 is 18.7 Å². The first-order valence-electron chi connectivity index (χ1n) is 9.65. The van der Waals surface area contributed by atoms with Crippen LogP contribution in [-0.4, -0.2) is 68.3 Å². The summed E-state index contributed by atoms with van der Waals surface area (Å²) in [5.41, 5.74) is 9.04. The van der Waals surface area contributed by atoms with E-state index in [1.807, 2.05) is 4.90 Å². The molecule has 3 aliphatic heterocycles. The Morgan fingerprint density at radius 3 is 2.63 bits per heavy atom. The molecule has 148 valence electrons. The SMILES string of the molecule is COc1cc2c(cc1OC)[C@@H]1CC(N)C(N3C[C@H](CF)CC3=O)CN1CC2. The van der Waals surface area contributed by atoms with Crippen LogP contribution in [0.2, 0.25) is 0 Å². The van der Waals surface area contributed by atoms with Gasteiger partial charge in [0.25, 0.3) is 0 Å². The van der Waals surface area contributed by atoms with Gasteiger partial charge in [0.05, 0.1) is 26.9 Å². The molecule has 2 N–H and O–H groups in total. The smallest absolute Gasteiger partial charge is 0.223 e. The Bertz CT molecular complexity index is 729. The van der Waals surface area contributed by atoms with Gasteiger partial charge in [0.2, 0.25) is 5.91 Å². The number of fused-ring (bicyclic) bond motifs is 3. The maximum Gasteiger partial charge on any atom is 0.223 e. The average Bonchev–Trinajstić information content (AvgIpc) is 3.06. The molecule has 0 saturated carbocycles. The predicted octanol–water partition coefficient (Wildman–Crippen LogP) is 1.52. The number of halogens is 1. The molecular formula is C20H28FN3O3. The number of ether oxygens (including phenoxy) is 2. The van der Waals surface area contributed by atoms with E-state index in [4.69, 9.17) is 15.2 Å². The van der Waals surface area contributed by atoms with E-state index >= 15 is 0 Å². The van der Waals surface area contributed by atoms with Crippen LogP contribution in [-0.2, 0) is 11.2 Å². The second-order valence-electron chi connectivity index (χ2n) is 7.90. The summed E-state index contributed by atoms with van der Waals surface area (Å²) in [4.78, 5) is 16.6. The molecule has 2 unspecified atom stereocenters. The quantitative estimate of drug-likeness (QED) is 0.862. The summed E-state index contributed by atoms with van der Waals surface area (Å²) < 4.78 is 24.0. The van der Waals surface area contributed by atoms with Crippen LogP contribution in [0.1, 0.15) is 30.0 Å². The summed E-state index contributed by atoms with van der Waals surface area (Å²) in [5.74, 6) is 1.35. The zero-order valence-electron chi connectivity index (χ0n) is 16.0. The van der Waals surface area contributed by atoms with Gasteiger partial charge in [-0.05, 0) is 36.1 Å². The van der Waals surface area contributed by atoms with Crippen LogP contribution in [0.5, 0.6) is 11.5 Å². The molecular weight excluding hydrogens is 349 g/mol. The van der Waals surface area contributed by atoms with E-state index < -0.39 is 6.67 Å². The number of nitrogens with zero attached hydrogens (tertiary/aromatic N) is 2. The molecule has 1 aromatic carbocycles. The third kappa shape index (κ3) is 3.17. The van der Waals surface area contributed by atoms with Crippen molar-refractivity contribution in [3.63, 3.8) is 0 Å². The molecule has 1 amide bonds. The number of methoxy groups -OCH3 is 2. The van der Waals surface area contributed by atoms with Gasteiger partial charge in [-0.1, -0.05) is 0 Å². The first kappa shape index (κ1) is 18.5. The zero-order chi connectivity index (χ0) is 19.1. The predicted molar refractivity (Wildman–Crippen MR) is 99.7 cm³/mol. The van der Waals surface area contributed by atoms with Crippen LogP contribution >= 0.6 is 0 Å². The average molecular weight is 377 g/mol. The van der Waals surface area contributed by atoms with E-state index in [-0.39, 0.29) is 30.0 Å². The summed E-state index contributed by atoms with van der Waals surface area (Å²) >= 11 is 0. The minimum Gasteiger partial charge on any atom is -0.493 e. The summed E-state index contributed by atoms with van der Waals surface area (Å²) in [6.45, 7) is 1.72. The van der Waals surface area contributed by atoms with Gasteiger partial charge in [-0.25, -0.2) is 0 Å². The molecule has 0 aromatic heterocycles. The van der Waals surface area contributed by atoms with E-state index in [1.165, 1.54) is 11.1 Å². The monoisotopic (exact) mass is 377 g/mol. The van der Waals surface area contributed by atoms with Crippen molar-refractivity contribution in [2.24, 2.45) is 11.7 Å². The Balaban J connectivity index is 1.57. The molecule has 0 spiro atoms. The molecule has 0 bridgehead atoms. The number of likely N-dealkylation sites (tertiary alicyclic amines) is 1. The molecule has 0 radical (unpaired) electrons. The lowest BCUT2D eigenvalue weighted by Crippen LogP contribution is -2.60. The highest BCUT2D eigenvalue weighted by molar-refractivity contribution is 5.79. The third-order valence-electron chi connectivity index (χ3n) is 6.38. The Kier molecular flexibility index (Phi) is 4.99. The maximum absolute atomic E-state index is 13.0. The van der Waals surface area contributed by atoms with Crippen LogP contribution in [0, 0.1) is 5.92 Å². The fourth-order valence-corrected chi connectivity index (χ4v) is 4.93. The lowest BCUT2D eigenvalue weighted by Gasteiger charge is -2.48. The number of piperidine rings is 1. The highest BCUT2D eigenvalue weighted by Crippen LogP contribution is 2.42. The molecule has 7 heteroatoms. The fourth-order valence-electron chi connectivity index (χ4n) is 4.93. The number of alkyl halides is 1. The van der Waals surface area contributed by atoms with E-state index in [2.05, 4.69) is 17.0 Å². The second-order valence-corrected chi connectivity index (χ2v) is 7.90. The van der Waals surface area contributed by atoms with Gasteiger partial charge < -0.3 is 20.1 Å². The number of benzene rings is 1. The number of amides is 1. The minimum absolute atomic E-state index is 0.0352. The summed E-state index contributed by atoms with van der Waals surface area (Å²) in [6.07, 6.45) is 2.01. The van der Waals surface area contributed by atoms with Crippen LogP contribution < -0.4 is 15.2 Å². The molecule has 0 aliphatic carbocycles. The van der Waals surface area contributed by atoms with Crippen molar-refractivity contribution in [3.05, 3.63) is 23.3 Å². The van der Waals surface area contributed by atoms with E-state index in [1.54, 1.807) is 14.2 Å². The van der Waals surface area contributed by atoms with Crippen molar-refractivity contribution in [2.75, 3.05) is 40.5 Å². The summed E-state index contributed by atoms with van der Waals surface area (Å²) in [7, 11) is 3.30. The normalized spacial score (nSPS) is 30.8. The zero-order valence-corrected chi connectivity index (χ0v) is 16.0. The number of carbonyl (C=O) groups excluding carboxylic acids is 1. The fraction of sp³-hybridized carbons (Fsp3) is 0.650. The van der Waals surface area contributed by atoms with E-state index in [0.29, 0.717) is 13.0 Å². The molecule has 2 saturated heterocycles. The van der Waals surface area contributed by atoms with E-state index in [9.17, 15) is 9.18 Å². The number of nitrogens with two attached hydrogens (primary N) is 1. The number of hydrogen-bond donors (Lipinski definition) is 1. The van der Waals surface area contributed by atoms with Gasteiger partial charge in [0.15, 0.2) is 11.5 Å². The Morgan fingerprint density at radius 1 is 1.22 bits per heavy atom. The van der Waals surface area contributed by atoms with Crippen LogP contribution in [0.25, 0.3) is 0 Å². The van der Waals surface area contributed by atoms with Crippen molar-refractivity contribution in [3.8, 4) is 11.5 Å². The second kappa shape index (κ2) is 7.28.